The largest absolute Gasteiger partial charge is 0.388 e. The van der Waals surface area contributed by atoms with Crippen LogP contribution in [0.15, 0.2) is 18.3 Å². The molecule has 1 aliphatic rings. The minimum Gasteiger partial charge on any atom is -0.388 e. The van der Waals surface area contributed by atoms with Gasteiger partial charge in [0.15, 0.2) is 0 Å². The van der Waals surface area contributed by atoms with Crippen LogP contribution in [0.2, 0.25) is 0 Å². The summed E-state index contributed by atoms with van der Waals surface area (Å²) in [7, 11) is 1.73. The molecule has 1 aromatic rings. The Morgan fingerprint density at radius 2 is 2.11 bits per heavy atom. The molecule has 1 fully saturated rings. The molecule has 0 unspecified atom stereocenters. The first-order chi connectivity index (χ1) is 8.50. The Morgan fingerprint density at radius 1 is 1.44 bits per heavy atom. The predicted molar refractivity (Wildman–Crippen MR) is 69.4 cm³/mol. The molecule has 1 saturated carbocycles. The van der Waals surface area contributed by atoms with Gasteiger partial charge in [0.1, 0.15) is 0 Å². The number of likely N-dealkylation sites (N-methyl/N-ethyl adjacent to an activating group) is 1. The van der Waals surface area contributed by atoms with Crippen molar-refractivity contribution in [2.75, 3.05) is 13.6 Å². The Bertz CT molecular complexity index is 422. The Morgan fingerprint density at radius 3 is 2.67 bits per heavy atom. The van der Waals surface area contributed by atoms with Crippen molar-refractivity contribution in [1.29, 1.82) is 0 Å². The summed E-state index contributed by atoms with van der Waals surface area (Å²) < 4.78 is 0. The van der Waals surface area contributed by atoms with Crippen molar-refractivity contribution < 1.29 is 9.90 Å². The summed E-state index contributed by atoms with van der Waals surface area (Å²) in [6, 6.07) is 3.60. The molecule has 1 N–H and O–H groups in total. The number of aliphatic hydroxyl groups is 1. The first-order valence-electron chi connectivity index (χ1n) is 6.41. The van der Waals surface area contributed by atoms with E-state index in [9.17, 15) is 9.90 Å². The lowest BCUT2D eigenvalue weighted by molar-refractivity contribution is 0.0156. The highest BCUT2D eigenvalue weighted by atomic mass is 16.3. The second kappa shape index (κ2) is 5.06. The highest BCUT2D eigenvalue weighted by molar-refractivity contribution is 5.93. The number of amides is 1. The molecule has 1 aromatic heterocycles. The van der Waals surface area contributed by atoms with Crippen LogP contribution < -0.4 is 0 Å². The molecule has 4 nitrogen and oxygen atoms in total. The van der Waals surface area contributed by atoms with Crippen LogP contribution in [-0.4, -0.2) is 40.1 Å². The van der Waals surface area contributed by atoms with Crippen LogP contribution >= 0.6 is 0 Å². The van der Waals surface area contributed by atoms with Crippen LogP contribution in [-0.2, 0) is 0 Å². The van der Waals surface area contributed by atoms with Crippen LogP contribution in [0.25, 0.3) is 0 Å². The van der Waals surface area contributed by atoms with Gasteiger partial charge in [-0.1, -0.05) is 12.8 Å². The van der Waals surface area contributed by atoms with Crippen molar-refractivity contribution >= 4 is 5.91 Å². The van der Waals surface area contributed by atoms with Crippen molar-refractivity contribution in [2.45, 2.75) is 38.2 Å². The van der Waals surface area contributed by atoms with Crippen molar-refractivity contribution in [1.82, 2.24) is 9.88 Å². The van der Waals surface area contributed by atoms with Gasteiger partial charge in [0.25, 0.3) is 5.91 Å². The summed E-state index contributed by atoms with van der Waals surface area (Å²) in [6.45, 7) is 2.29. The molecular formula is C14H20N2O2. The summed E-state index contributed by atoms with van der Waals surface area (Å²) in [4.78, 5) is 17.9. The molecule has 0 saturated heterocycles. The van der Waals surface area contributed by atoms with Gasteiger partial charge in [-0.3, -0.25) is 9.78 Å². The van der Waals surface area contributed by atoms with Crippen molar-refractivity contribution in [2.24, 2.45) is 0 Å². The van der Waals surface area contributed by atoms with E-state index in [2.05, 4.69) is 4.98 Å². The molecule has 0 bridgehead atoms. The average molecular weight is 248 g/mol. The smallest absolute Gasteiger partial charge is 0.255 e. The summed E-state index contributed by atoms with van der Waals surface area (Å²) >= 11 is 0. The number of aryl methyl sites for hydroxylation is 1. The molecule has 2 rings (SSSR count). The van der Waals surface area contributed by atoms with E-state index < -0.39 is 5.60 Å². The third-order valence-corrected chi connectivity index (χ3v) is 3.57. The van der Waals surface area contributed by atoms with E-state index in [-0.39, 0.29) is 5.91 Å². The molecule has 0 atom stereocenters. The highest BCUT2D eigenvalue weighted by Crippen LogP contribution is 2.30. The summed E-state index contributed by atoms with van der Waals surface area (Å²) in [5.74, 6) is -0.0807. The molecule has 1 aliphatic carbocycles. The van der Waals surface area contributed by atoms with Crippen LogP contribution in [0.4, 0.5) is 0 Å². The zero-order valence-electron chi connectivity index (χ0n) is 11.0. The zero-order chi connectivity index (χ0) is 13.2. The van der Waals surface area contributed by atoms with Crippen LogP contribution in [0.1, 0.15) is 41.7 Å². The fourth-order valence-electron chi connectivity index (χ4n) is 2.52. The molecule has 18 heavy (non-hydrogen) atoms. The normalized spacial score (nSPS) is 17.7. The number of hydrogen-bond acceptors (Lipinski definition) is 3. The topological polar surface area (TPSA) is 53.4 Å². The maximum absolute atomic E-state index is 12.2. The molecule has 0 aromatic carbocycles. The summed E-state index contributed by atoms with van der Waals surface area (Å²) in [5, 5.41) is 10.3. The van der Waals surface area contributed by atoms with Gasteiger partial charge >= 0.3 is 0 Å². The first-order valence-corrected chi connectivity index (χ1v) is 6.41. The predicted octanol–water partition coefficient (Wildman–Crippen LogP) is 1.77. The van der Waals surface area contributed by atoms with Gasteiger partial charge in [-0.2, -0.15) is 0 Å². The number of rotatable bonds is 3. The standard InChI is InChI=1S/C14H20N2O2/c1-11-5-6-12(9-15-11)13(17)16(2)10-14(18)7-3-4-8-14/h5-6,9,18H,3-4,7-8,10H2,1-2H3. The Balaban J connectivity index is 2.02. The monoisotopic (exact) mass is 248 g/mol. The first kappa shape index (κ1) is 13.0. The Kier molecular flexibility index (Phi) is 3.66. The number of pyridine rings is 1. The van der Waals surface area contributed by atoms with Gasteiger partial charge in [0.05, 0.1) is 11.2 Å². The quantitative estimate of drug-likeness (QED) is 0.887. The third kappa shape index (κ3) is 2.88. The average Bonchev–Trinajstić information content (AvgIpc) is 2.76. The van der Waals surface area contributed by atoms with E-state index in [1.54, 1.807) is 24.2 Å². The second-order valence-corrected chi connectivity index (χ2v) is 5.28. The van der Waals surface area contributed by atoms with E-state index in [4.69, 9.17) is 0 Å². The number of nitrogens with zero attached hydrogens (tertiary/aromatic N) is 2. The van der Waals surface area contributed by atoms with Gasteiger partial charge in [0.2, 0.25) is 0 Å². The number of carbonyl (C=O) groups excluding carboxylic acids is 1. The zero-order valence-corrected chi connectivity index (χ0v) is 11.0. The van der Waals surface area contributed by atoms with E-state index in [1.165, 1.54) is 0 Å². The maximum atomic E-state index is 12.2. The van der Waals surface area contributed by atoms with Gasteiger partial charge < -0.3 is 10.0 Å². The van der Waals surface area contributed by atoms with E-state index in [0.29, 0.717) is 12.1 Å². The molecule has 1 amide bonds. The van der Waals surface area contributed by atoms with Crippen molar-refractivity contribution in [3.8, 4) is 0 Å². The van der Waals surface area contributed by atoms with Crippen LogP contribution in [0.3, 0.4) is 0 Å². The molecule has 0 aliphatic heterocycles. The summed E-state index contributed by atoms with van der Waals surface area (Å²) in [6.07, 6.45) is 5.26. The fraction of sp³-hybridized carbons (Fsp3) is 0.571. The molecular weight excluding hydrogens is 228 g/mol. The fourth-order valence-corrected chi connectivity index (χ4v) is 2.52. The van der Waals surface area contributed by atoms with E-state index in [0.717, 1.165) is 31.4 Å². The second-order valence-electron chi connectivity index (χ2n) is 5.28. The van der Waals surface area contributed by atoms with Crippen molar-refractivity contribution in [3.63, 3.8) is 0 Å². The minimum atomic E-state index is -0.692. The maximum Gasteiger partial charge on any atom is 0.255 e. The molecule has 98 valence electrons. The Labute approximate surface area is 108 Å². The van der Waals surface area contributed by atoms with Crippen LogP contribution in [0, 0.1) is 6.92 Å². The molecule has 0 radical (unpaired) electrons. The molecule has 1 heterocycles. The summed E-state index contributed by atoms with van der Waals surface area (Å²) in [5.41, 5.74) is 0.774. The number of aromatic nitrogens is 1. The third-order valence-electron chi connectivity index (χ3n) is 3.57. The van der Waals surface area contributed by atoms with E-state index in [1.807, 2.05) is 13.0 Å². The lowest BCUT2D eigenvalue weighted by atomic mass is 10.0. The van der Waals surface area contributed by atoms with Gasteiger partial charge in [-0.05, 0) is 31.9 Å². The van der Waals surface area contributed by atoms with E-state index >= 15 is 0 Å². The Hall–Kier alpha value is -1.42. The van der Waals surface area contributed by atoms with Crippen LogP contribution in [0.5, 0.6) is 0 Å². The van der Waals surface area contributed by atoms with Gasteiger partial charge in [0, 0.05) is 25.5 Å². The lowest BCUT2D eigenvalue weighted by Gasteiger charge is -2.28. The van der Waals surface area contributed by atoms with Gasteiger partial charge in [-0.25, -0.2) is 0 Å². The number of hydrogen-bond donors (Lipinski definition) is 1. The highest BCUT2D eigenvalue weighted by Gasteiger charge is 2.33. The number of carbonyl (C=O) groups is 1. The lowest BCUT2D eigenvalue weighted by Crippen LogP contribution is -2.42. The minimum absolute atomic E-state index is 0.0807. The molecule has 4 heteroatoms. The van der Waals surface area contributed by atoms with Gasteiger partial charge in [-0.15, -0.1) is 0 Å². The SMILES string of the molecule is Cc1ccc(C(=O)N(C)CC2(O)CCCC2)cn1. The van der Waals surface area contributed by atoms with Crippen molar-refractivity contribution in [3.05, 3.63) is 29.6 Å². The molecule has 0 spiro atoms.